The Hall–Kier alpha value is -1.14. The summed E-state index contributed by atoms with van der Waals surface area (Å²) in [4.78, 5) is 12.3. The van der Waals surface area contributed by atoms with Crippen LogP contribution in [0.5, 0.6) is 0 Å². The highest BCUT2D eigenvalue weighted by Gasteiger charge is 2.22. The molecule has 0 unspecified atom stereocenters. The zero-order chi connectivity index (χ0) is 16.9. The minimum Gasteiger partial charge on any atom is -0.351 e. The molecule has 1 amide bonds. The molecule has 0 aromatic carbocycles. The van der Waals surface area contributed by atoms with Crippen molar-refractivity contribution in [3.8, 4) is 0 Å². The Morgan fingerprint density at radius 1 is 1.29 bits per heavy atom. The van der Waals surface area contributed by atoms with Crippen LogP contribution in [0, 0.1) is 12.3 Å². The van der Waals surface area contributed by atoms with Crippen LogP contribution in [-0.2, 0) is 0 Å². The molecule has 1 aliphatic heterocycles. The summed E-state index contributed by atoms with van der Waals surface area (Å²) in [7, 11) is 0. The quantitative estimate of drug-likeness (QED) is 0.768. The van der Waals surface area contributed by atoms with E-state index in [1.54, 1.807) is 0 Å². The van der Waals surface area contributed by atoms with Crippen LogP contribution in [0.4, 0.5) is 0 Å². The molecule has 1 aromatic rings. The maximum atomic E-state index is 12.3. The van der Waals surface area contributed by atoms with E-state index >= 15 is 0 Å². The van der Waals surface area contributed by atoms with E-state index < -0.39 is 0 Å². The second-order valence-corrected chi connectivity index (χ2v) is 7.72. The van der Waals surface area contributed by atoms with Crippen molar-refractivity contribution < 1.29 is 4.79 Å². The summed E-state index contributed by atoms with van der Waals surface area (Å²) < 4.78 is 1.93. The Labute approximate surface area is 151 Å². The number of hydrogen-bond donors (Lipinski definition) is 2. The number of carbonyl (C=O) groups is 1. The first-order chi connectivity index (χ1) is 10.9. The summed E-state index contributed by atoms with van der Waals surface area (Å²) in [6, 6.07) is 0.358. The molecule has 0 bridgehead atoms. The predicted molar refractivity (Wildman–Crippen MR) is 98.8 cm³/mol. The number of nitrogens with zero attached hydrogens (tertiary/aromatic N) is 3. The van der Waals surface area contributed by atoms with Gasteiger partial charge in [0.1, 0.15) is 0 Å². The van der Waals surface area contributed by atoms with E-state index in [0.29, 0.717) is 23.7 Å². The van der Waals surface area contributed by atoms with E-state index in [9.17, 15) is 4.79 Å². The summed E-state index contributed by atoms with van der Waals surface area (Å²) in [5.41, 5.74) is 1.71. The Balaban J connectivity index is 0.00000288. The van der Waals surface area contributed by atoms with Gasteiger partial charge in [-0.3, -0.25) is 4.79 Å². The number of aromatic nitrogens is 3. The van der Waals surface area contributed by atoms with E-state index in [0.717, 1.165) is 44.5 Å². The number of unbranched alkanes of at least 4 members (excludes halogenated alkanes) is 1. The van der Waals surface area contributed by atoms with Gasteiger partial charge in [-0.25, -0.2) is 4.68 Å². The third-order valence-electron chi connectivity index (χ3n) is 4.44. The van der Waals surface area contributed by atoms with E-state index in [2.05, 4.69) is 41.7 Å². The van der Waals surface area contributed by atoms with Crippen LogP contribution in [0.25, 0.3) is 0 Å². The molecule has 138 valence electrons. The third-order valence-corrected chi connectivity index (χ3v) is 4.44. The normalized spacial score (nSPS) is 15.8. The molecule has 1 saturated heterocycles. The zero-order valence-corrected chi connectivity index (χ0v) is 16.2. The monoisotopic (exact) mass is 357 g/mol. The van der Waals surface area contributed by atoms with Crippen molar-refractivity contribution in [3.05, 3.63) is 11.4 Å². The number of carbonyl (C=O) groups excluding carboxylic acids is 1. The van der Waals surface area contributed by atoms with Crippen LogP contribution in [0.1, 0.15) is 75.1 Å². The van der Waals surface area contributed by atoms with Crippen molar-refractivity contribution in [2.45, 2.75) is 65.8 Å². The summed E-state index contributed by atoms with van der Waals surface area (Å²) >= 11 is 0. The minimum atomic E-state index is -0.0987. The molecule has 1 fully saturated rings. The highest BCUT2D eigenvalue weighted by molar-refractivity contribution is 5.93. The number of rotatable bonds is 6. The van der Waals surface area contributed by atoms with Gasteiger partial charge in [0.2, 0.25) is 0 Å². The number of nitrogens with one attached hydrogen (secondary N) is 2. The van der Waals surface area contributed by atoms with Gasteiger partial charge in [-0.15, -0.1) is 17.5 Å². The largest absolute Gasteiger partial charge is 0.351 e. The first-order valence-corrected chi connectivity index (χ1v) is 8.79. The van der Waals surface area contributed by atoms with Crippen molar-refractivity contribution in [2.75, 3.05) is 19.6 Å². The van der Waals surface area contributed by atoms with Crippen LogP contribution in [-0.4, -0.2) is 40.5 Å². The molecule has 2 N–H and O–H groups in total. The van der Waals surface area contributed by atoms with Crippen molar-refractivity contribution in [1.29, 1.82) is 0 Å². The lowest BCUT2D eigenvalue weighted by molar-refractivity contribution is 0.0947. The smallest absolute Gasteiger partial charge is 0.273 e. The van der Waals surface area contributed by atoms with Gasteiger partial charge >= 0.3 is 0 Å². The van der Waals surface area contributed by atoms with E-state index in [1.165, 1.54) is 6.42 Å². The lowest BCUT2D eigenvalue weighted by Crippen LogP contribution is -2.30. The van der Waals surface area contributed by atoms with Crippen LogP contribution < -0.4 is 10.6 Å². The molecule has 0 atom stereocenters. The van der Waals surface area contributed by atoms with E-state index in [-0.39, 0.29) is 18.3 Å². The molecule has 0 saturated carbocycles. The average molecular weight is 358 g/mol. The van der Waals surface area contributed by atoms with Crippen LogP contribution in [0.15, 0.2) is 0 Å². The van der Waals surface area contributed by atoms with Gasteiger partial charge in [0.15, 0.2) is 5.69 Å². The van der Waals surface area contributed by atoms with Crippen LogP contribution in [0.3, 0.4) is 0 Å². The Morgan fingerprint density at radius 2 is 1.96 bits per heavy atom. The van der Waals surface area contributed by atoms with Crippen molar-refractivity contribution >= 4 is 18.3 Å². The number of hydrogen-bond acceptors (Lipinski definition) is 4. The van der Waals surface area contributed by atoms with Gasteiger partial charge in [0.25, 0.3) is 5.91 Å². The Bertz CT molecular complexity index is 518. The molecular weight excluding hydrogens is 326 g/mol. The van der Waals surface area contributed by atoms with Gasteiger partial charge < -0.3 is 10.6 Å². The topological polar surface area (TPSA) is 71.8 Å². The van der Waals surface area contributed by atoms with Gasteiger partial charge in [-0.2, -0.15) is 0 Å². The molecule has 0 spiro atoms. The summed E-state index contributed by atoms with van der Waals surface area (Å²) in [6.45, 7) is 11.4. The highest BCUT2D eigenvalue weighted by atomic mass is 35.5. The van der Waals surface area contributed by atoms with Gasteiger partial charge in [0.05, 0.1) is 11.7 Å². The SMILES string of the molecule is Cc1c(C(=O)NCCCCC(C)(C)C)nnn1C1CCNCC1.Cl. The van der Waals surface area contributed by atoms with Gasteiger partial charge in [0, 0.05) is 6.54 Å². The molecule has 7 heteroatoms. The molecule has 2 rings (SSSR count). The van der Waals surface area contributed by atoms with Gasteiger partial charge in [-0.05, 0) is 51.1 Å². The highest BCUT2D eigenvalue weighted by Crippen LogP contribution is 2.21. The molecule has 24 heavy (non-hydrogen) atoms. The average Bonchev–Trinajstić information content (AvgIpc) is 2.88. The fourth-order valence-corrected chi connectivity index (χ4v) is 3.01. The standard InChI is InChI=1S/C17H31N5O.ClH/c1-13-15(16(23)19-10-6-5-9-17(2,3)4)20-21-22(13)14-7-11-18-12-8-14;/h14,18H,5-12H2,1-4H3,(H,19,23);1H. The van der Waals surface area contributed by atoms with Crippen molar-refractivity contribution in [1.82, 2.24) is 25.6 Å². The zero-order valence-electron chi connectivity index (χ0n) is 15.4. The van der Waals surface area contributed by atoms with Crippen molar-refractivity contribution in [2.24, 2.45) is 5.41 Å². The molecular formula is C17H32ClN5O. The molecule has 2 heterocycles. The molecule has 1 aromatic heterocycles. The molecule has 1 aliphatic rings. The van der Waals surface area contributed by atoms with E-state index in [1.807, 2.05) is 11.6 Å². The van der Waals surface area contributed by atoms with E-state index in [4.69, 9.17) is 0 Å². The Morgan fingerprint density at radius 3 is 2.58 bits per heavy atom. The second-order valence-electron chi connectivity index (χ2n) is 7.72. The fourth-order valence-electron chi connectivity index (χ4n) is 3.01. The third kappa shape index (κ3) is 6.06. The Kier molecular flexibility index (Phi) is 8.16. The summed E-state index contributed by atoms with van der Waals surface area (Å²) in [5.74, 6) is -0.0987. The molecule has 6 nitrogen and oxygen atoms in total. The first kappa shape index (κ1) is 20.9. The summed E-state index contributed by atoms with van der Waals surface area (Å²) in [5, 5.41) is 14.6. The second kappa shape index (κ2) is 9.37. The van der Waals surface area contributed by atoms with Crippen LogP contribution >= 0.6 is 12.4 Å². The fraction of sp³-hybridized carbons (Fsp3) is 0.824. The van der Waals surface area contributed by atoms with Crippen molar-refractivity contribution in [3.63, 3.8) is 0 Å². The number of amides is 1. The predicted octanol–water partition coefficient (Wildman–Crippen LogP) is 2.88. The maximum absolute atomic E-state index is 12.3. The summed E-state index contributed by atoms with van der Waals surface area (Å²) in [6.07, 6.45) is 5.39. The lowest BCUT2D eigenvalue weighted by Gasteiger charge is -2.23. The molecule has 0 radical (unpaired) electrons. The molecule has 0 aliphatic carbocycles. The number of halogens is 1. The van der Waals surface area contributed by atoms with Gasteiger partial charge in [-0.1, -0.05) is 32.4 Å². The lowest BCUT2D eigenvalue weighted by atomic mass is 9.90. The number of piperidine rings is 1. The minimum absolute atomic E-state index is 0. The first-order valence-electron chi connectivity index (χ1n) is 8.79. The maximum Gasteiger partial charge on any atom is 0.273 e. The van der Waals surface area contributed by atoms with Crippen LogP contribution in [0.2, 0.25) is 0 Å².